The van der Waals surface area contributed by atoms with Gasteiger partial charge in [-0.3, -0.25) is 0 Å². The van der Waals surface area contributed by atoms with E-state index in [0.717, 1.165) is 49.3 Å². The Balaban J connectivity index is 1.37. The molecular weight excluding hydrogens is 446 g/mol. The second kappa shape index (κ2) is 13.6. The third-order valence-electron chi connectivity index (χ3n) is 5.51. The monoisotopic (exact) mass is 481 g/mol. The van der Waals surface area contributed by atoms with Gasteiger partial charge in [0, 0.05) is 16.0 Å². The number of aromatic nitrogens is 1. The number of unbranched alkanes of at least 4 members (excludes halogenated alkanes) is 3. The van der Waals surface area contributed by atoms with Crippen LogP contribution in [0.1, 0.15) is 61.4 Å². The molecule has 0 radical (unpaired) electrons. The Morgan fingerprint density at radius 1 is 0.912 bits per heavy atom. The Kier molecular flexibility index (Phi) is 10.2. The van der Waals surface area contributed by atoms with Crippen LogP contribution in [0.2, 0.25) is 0 Å². The maximum atomic E-state index is 8.70. The van der Waals surface area contributed by atoms with E-state index < -0.39 is 0 Å². The van der Waals surface area contributed by atoms with Crippen molar-refractivity contribution in [2.45, 2.75) is 58.8 Å². The lowest BCUT2D eigenvalue weighted by Crippen LogP contribution is -2.12. The molecule has 7 heteroatoms. The molecule has 0 aliphatic carbocycles. The van der Waals surface area contributed by atoms with Crippen molar-refractivity contribution in [3.63, 3.8) is 0 Å². The van der Waals surface area contributed by atoms with Crippen LogP contribution < -0.4 is 15.2 Å². The van der Waals surface area contributed by atoms with E-state index in [0.29, 0.717) is 18.8 Å². The summed E-state index contributed by atoms with van der Waals surface area (Å²) in [6, 6.07) is 15.5. The van der Waals surface area contributed by atoms with Gasteiger partial charge < -0.3 is 20.4 Å². The van der Waals surface area contributed by atoms with Crippen LogP contribution in [0.4, 0.5) is 0 Å². The molecule has 0 amide bonds. The van der Waals surface area contributed by atoms with Crippen LogP contribution in [0.15, 0.2) is 53.7 Å². The molecule has 0 atom stereocenters. The van der Waals surface area contributed by atoms with E-state index >= 15 is 0 Å². The molecule has 2 aromatic carbocycles. The lowest BCUT2D eigenvalue weighted by molar-refractivity contribution is 0.279. The highest BCUT2D eigenvalue weighted by molar-refractivity contribution is 7.12. The molecule has 0 saturated carbocycles. The van der Waals surface area contributed by atoms with Crippen LogP contribution >= 0.6 is 11.3 Å². The zero-order valence-corrected chi connectivity index (χ0v) is 20.9. The van der Waals surface area contributed by atoms with Gasteiger partial charge in [-0.15, -0.1) is 11.3 Å². The molecule has 3 N–H and O–H groups in total. The predicted molar refractivity (Wildman–Crippen MR) is 139 cm³/mol. The van der Waals surface area contributed by atoms with Crippen molar-refractivity contribution in [1.82, 2.24) is 4.98 Å². The number of hydrogen-bond acceptors (Lipinski definition) is 6. The fourth-order valence-electron chi connectivity index (χ4n) is 3.53. The lowest BCUT2D eigenvalue weighted by Gasteiger charge is -2.09. The molecule has 3 rings (SSSR count). The number of benzene rings is 2. The fraction of sp³-hybridized carbons (Fsp3) is 0.407. The van der Waals surface area contributed by atoms with Crippen LogP contribution in [-0.4, -0.2) is 29.2 Å². The van der Waals surface area contributed by atoms with Crippen LogP contribution in [0.25, 0.3) is 11.3 Å². The predicted octanol–water partition coefficient (Wildman–Crippen LogP) is 6.44. The summed E-state index contributed by atoms with van der Waals surface area (Å²) in [5.74, 6) is 1.76. The van der Waals surface area contributed by atoms with Gasteiger partial charge in [0.15, 0.2) is 5.84 Å². The fourth-order valence-corrected chi connectivity index (χ4v) is 4.61. The first-order chi connectivity index (χ1) is 16.6. The Labute approximate surface area is 206 Å². The zero-order chi connectivity index (χ0) is 24.2. The number of hydrogen-bond donors (Lipinski definition) is 2. The van der Waals surface area contributed by atoms with Gasteiger partial charge in [0.25, 0.3) is 0 Å². The summed E-state index contributed by atoms with van der Waals surface area (Å²) in [5.41, 5.74) is 8.54. The molecule has 0 aliphatic rings. The van der Waals surface area contributed by atoms with Crippen LogP contribution in [0.5, 0.6) is 11.5 Å². The van der Waals surface area contributed by atoms with Crippen LogP contribution in [0, 0.1) is 0 Å². The summed E-state index contributed by atoms with van der Waals surface area (Å²) in [6.45, 7) is 5.73. The highest BCUT2D eigenvalue weighted by Gasteiger charge is 2.12. The Morgan fingerprint density at radius 2 is 1.53 bits per heavy atom. The van der Waals surface area contributed by atoms with Crippen molar-refractivity contribution in [3.8, 4) is 22.8 Å². The van der Waals surface area contributed by atoms with E-state index in [2.05, 4.69) is 31.1 Å². The normalized spacial score (nSPS) is 11.5. The number of amidine groups is 1. The van der Waals surface area contributed by atoms with Crippen molar-refractivity contribution in [1.29, 1.82) is 0 Å². The van der Waals surface area contributed by atoms with Gasteiger partial charge in [-0.05, 0) is 87.1 Å². The van der Waals surface area contributed by atoms with Crippen LogP contribution in [0.3, 0.4) is 0 Å². The maximum absolute atomic E-state index is 8.70. The molecule has 0 fully saturated rings. The summed E-state index contributed by atoms with van der Waals surface area (Å²) in [6.07, 6.45) is 7.43. The third kappa shape index (κ3) is 7.48. The molecule has 0 aliphatic heterocycles. The highest BCUT2D eigenvalue weighted by atomic mass is 32.1. The van der Waals surface area contributed by atoms with Gasteiger partial charge in [0.1, 0.15) is 11.5 Å². The average molecular weight is 482 g/mol. The van der Waals surface area contributed by atoms with Crippen molar-refractivity contribution in [2.24, 2.45) is 10.9 Å². The van der Waals surface area contributed by atoms with Crippen molar-refractivity contribution < 1.29 is 14.7 Å². The standard InChI is InChI=1S/C27H35N3O3S/c1-3-5-9-24-26(29-25(4-2)34-24)20-10-14-22(15-11-20)32-18-7-6-8-19-33-23-16-12-21(13-17-23)27(28)30-31/h10-17,31H,3-9,18-19H2,1-2H3,(H2,28,30). The molecule has 34 heavy (non-hydrogen) atoms. The third-order valence-corrected chi connectivity index (χ3v) is 6.77. The van der Waals surface area contributed by atoms with Crippen molar-refractivity contribution in [2.75, 3.05) is 13.2 Å². The first-order valence-electron chi connectivity index (χ1n) is 12.1. The van der Waals surface area contributed by atoms with E-state index in [1.165, 1.54) is 28.3 Å². The topological polar surface area (TPSA) is 90.0 Å². The number of aryl methyl sites for hydroxylation is 2. The van der Waals surface area contributed by atoms with E-state index in [1.807, 2.05) is 35.6 Å². The minimum absolute atomic E-state index is 0.0895. The summed E-state index contributed by atoms with van der Waals surface area (Å²) in [4.78, 5) is 6.27. The quantitative estimate of drug-likeness (QED) is 0.0909. The van der Waals surface area contributed by atoms with E-state index in [1.54, 1.807) is 12.1 Å². The second-order valence-electron chi connectivity index (χ2n) is 8.13. The Hall–Kier alpha value is -3.06. The molecular formula is C27H35N3O3S. The van der Waals surface area contributed by atoms with E-state index in [4.69, 9.17) is 25.4 Å². The number of thiazole rings is 1. The molecule has 0 bridgehead atoms. The van der Waals surface area contributed by atoms with Gasteiger partial charge in [0.2, 0.25) is 0 Å². The van der Waals surface area contributed by atoms with Gasteiger partial charge in [-0.2, -0.15) is 0 Å². The smallest absolute Gasteiger partial charge is 0.170 e. The summed E-state index contributed by atoms with van der Waals surface area (Å²) in [7, 11) is 0. The van der Waals surface area contributed by atoms with Crippen molar-refractivity contribution in [3.05, 3.63) is 64.0 Å². The second-order valence-corrected chi connectivity index (χ2v) is 9.30. The Bertz CT molecular complexity index is 1030. The molecule has 0 spiro atoms. The number of nitrogens with zero attached hydrogens (tertiary/aromatic N) is 2. The van der Waals surface area contributed by atoms with Gasteiger partial charge in [-0.25, -0.2) is 4.98 Å². The minimum atomic E-state index is 0.0895. The maximum Gasteiger partial charge on any atom is 0.170 e. The summed E-state index contributed by atoms with van der Waals surface area (Å²) < 4.78 is 11.7. The highest BCUT2D eigenvalue weighted by Crippen LogP contribution is 2.31. The molecule has 3 aromatic rings. The SMILES string of the molecule is CCCCc1sc(CC)nc1-c1ccc(OCCCCCOc2ccc(C(N)=NO)cc2)cc1. The minimum Gasteiger partial charge on any atom is -0.494 e. The van der Waals surface area contributed by atoms with Gasteiger partial charge >= 0.3 is 0 Å². The summed E-state index contributed by atoms with van der Waals surface area (Å²) >= 11 is 1.85. The molecule has 1 heterocycles. The average Bonchev–Trinajstić information content (AvgIpc) is 3.30. The molecule has 6 nitrogen and oxygen atoms in total. The molecule has 1 aromatic heterocycles. The molecule has 0 saturated heterocycles. The first-order valence-corrected chi connectivity index (χ1v) is 12.9. The summed E-state index contributed by atoms with van der Waals surface area (Å²) in [5, 5.41) is 12.9. The molecule has 0 unspecified atom stereocenters. The number of rotatable bonds is 14. The van der Waals surface area contributed by atoms with Gasteiger partial charge in [0.05, 0.1) is 23.9 Å². The number of nitrogens with two attached hydrogens (primary N) is 1. The van der Waals surface area contributed by atoms with Crippen LogP contribution in [-0.2, 0) is 12.8 Å². The Morgan fingerprint density at radius 3 is 2.09 bits per heavy atom. The first kappa shape index (κ1) is 25.6. The number of oxime groups is 1. The lowest BCUT2D eigenvalue weighted by atomic mass is 10.1. The molecule has 182 valence electrons. The largest absolute Gasteiger partial charge is 0.494 e. The van der Waals surface area contributed by atoms with Gasteiger partial charge in [-0.1, -0.05) is 25.4 Å². The number of ether oxygens (including phenoxy) is 2. The van der Waals surface area contributed by atoms with E-state index in [-0.39, 0.29) is 5.84 Å². The van der Waals surface area contributed by atoms with Crippen molar-refractivity contribution >= 4 is 17.2 Å². The van der Waals surface area contributed by atoms with E-state index in [9.17, 15) is 0 Å². The zero-order valence-electron chi connectivity index (χ0n) is 20.1.